The molecule has 7 heteroatoms. The van der Waals surface area contributed by atoms with Gasteiger partial charge in [-0.05, 0) is 24.0 Å². The van der Waals surface area contributed by atoms with Gasteiger partial charge in [-0.25, -0.2) is 8.42 Å². The largest absolute Gasteiger partial charge is 0.325 e. The molecule has 1 amide bonds. The molecule has 0 fully saturated rings. The summed E-state index contributed by atoms with van der Waals surface area (Å²) in [4.78, 5) is 13.0. The third-order valence-electron chi connectivity index (χ3n) is 2.97. The molecule has 1 aromatic carbocycles. The van der Waals surface area contributed by atoms with Crippen LogP contribution in [0.1, 0.15) is 13.3 Å². The standard InChI is InChI=1S/C14H16ClNO3S2/c1-2-20-13-4-3-11(15)8-12(13)16-14(17)7-10-5-6-21(18,19)9-10/h3-6,8,10H,2,7,9H2,1H3,(H,16,17)/t10-/m0/s1. The van der Waals surface area contributed by atoms with Gasteiger partial charge in [-0.1, -0.05) is 24.6 Å². The fourth-order valence-corrected chi connectivity index (χ4v) is 4.40. The number of allylic oxidation sites excluding steroid dienone is 1. The van der Waals surface area contributed by atoms with Crippen LogP contribution < -0.4 is 5.32 Å². The van der Waals surface area contributed by atoms with Crippen molar-refractivity contribution in [1.82, 2.24) is 0 Å². The Morgan fingerprint density at radius 3 is 2.86 bits per heavy atom. The lowest BCUT2D eigenvalue weighted by Crippen LogP contribution is -2.18. The van der Waals surface area contributed by atoms with Crippen LogP contribution in [0.15, 0.2) is 34.6 Å². The van der Waals surface area contributed by atoms with E-state index in [4.69, 9.17) is 11.6 Å². The lowest BCUT2D eigenvalue weighted by Gasteiger charge is -2.12. The van der Waals surface area contributed by atoms with Crippen LogP contribution in [0.2, 0.25) is 5.02 Å². The zero-order chi connectivity index (χ0) is 15.5. The molecule has 114 valence electrons. The molecule has 1 atom stereocenters. The van der Waals surface area contributed by atoms with Crippen LogP contribution in [0, 0.1) is 5.92 Å². The van der Waals surface area contributed by atoms with Crippen molar-refractivity contribution in [3.63, 3.8) is 0 Å². The van der Waals surface area contributed by atoms with E-state index in [0.29, 0.717) is 10.7 Å². The number of carbonyl (C=O) groups excluding carboxylic acids is 1. The number of hydrogen-bond acceptors (Lipinski definition) is 4. The summed E-state index contributed by atoms with van der Waals surface area (Å²) in [6.07, 6.45) is 1.73. The smallest absolute Gasteiger partial charge is 0.225 e. The maximum Gasteiger partial charge on any atom is 0.225 e. The summed E-state index contributed by atoms with van der Waals surface area (Å²) < 4.78 is 22.7. The van der Waals surface area contributed by atoms with E-state index in [1.807, 2.05) is 13.0 Å². The van der Waals surface area contributed by atoms with Crippen LogP contribution >= 0.6 is 23.4 Å². The van der Waals surface area contributed by atoms with Gasteiger partial charge in [0.2, 0.25) is 5.91 Å². The second-order valence-corrected chi connectivity index (χ2v) is 8.42. The summed E-state index contributed by atoms with van der Waals surface area (Å²) in [7, 11) is -3.12. The van der Waals surface area contributed by atoms with Gasteiger partial charge in [0.15, 0.2) is 9.84 Å². The molecule has 1 N–H and O–H groups in total. The number of halogens is 1. The van der Waals surface area contributed by atoms with Gasteiger partial charge < -0.3 is 5.32 Å². The molecule has 0 spiro atoms. The van der Waals surface area contributed by atoms with Crippen LogP contribution in [0.25, 0.3) is 0 Å². The summed E-state index contributed by atoms with van der Waals surface area (Å²) in [5, 5.41) is 4.55. The summed E-state index contributed by atoms with van der Waals surface area (Å²) in [6.45, 7) is 2.03. The predicted octanol–water partition coefficient (Wildman–Crippen LogP) is 3.34. The predicted molar refractivity (Wildman–Crippen MR) is 87.5 cm³/mol. The Bertz CT molecular complexity index is 671. The van der Waals surface area contributed by atoms with Gasteiger partial charge in [0, 0.05) is 27.7 Å². The maximum absolute atomic E-state index is 12.1. The average molecular weight is 346 g/mol. The average Bonchev–Trinajstić information content (AvgIpc) is 2.72. The summed E-state index contributed by atoms with van der Waals surface area (Å²) >= 11 is 7.57. The molecule has 21 heavy (non-hydrogen) atoms. The molecule has 0 radical (unpaired) electrons. The highest BCUT2D eigenvalue weighted by Crippen LogP contribution is 2.30. The molecular formula is C14H16ClNO3S2. The molecular weight excluding hydrogens is 330 g/mol. The first kappa shape index (κ1) is 16.4. The van der Waals surface area contributed by atoms with Crippen molar-refractivity contribution in [2.75, 3.05) is 16.8 Å². The first-order chi connectivity index (χ1) is 9.89. The van der Waals surface area contributed by atoms with E-state index >= 15 is 0 Å². The summed E-state index contributed by atoms with van der Waals surface area (Å²) in [5.41, 5.74) is 0.671. The molecule has 1 heterocycles. The number of benzene rings is 1. The van der Waals surface area contributed by atoms with Crippen molar-refractivity contribution in [2.45, 2.75) is 18.2 Å². The van der Waals surface area contributed by atoms with Crippen LogP contribution in [0.4, 0.5) is 5.69 Å². The third-order valence-corrected chi connectivity index (χ3v) is 5.62. The second kappa shape index (κ2) is 6.85. The Balaban J connectivity index is 2.03. The van der Waals surface area contributed by atoms with Crippen molar-refractivity contribution >= 4 is 44.8 Å². The number of sulfone groups is 1. The molecule has 1 aromatic rings. The van der Waals surface area contributed by atoms with E-state index < -0.39 is 9.84 Å². The van der Waals surface area contributed by atoms with Crippen molar-refractivity contribution < 1.29 is 13.2 Å². The molecule has 2 rings (SSSR count). The van der Waals surface area contributed by atoms with Crippen molar-refractivity contribution in [2.24, 2.45) is 5.92 Å². The van der Waals surface area contributed by atoms with Crippen LogP contribution in [0.5, 0.6) is 0 Å². The Hall–Kier alpha value is -0.980. The number of thioether (sulfide) groups is 1. The zero-order valence-electron chi connectivity index (χ0n) is 11.5. The van der Waals surface area contributed by atoms with Gasteiger partial charge in [-0.15, -0.1) is 11.8 Å². The molecule has 0 unspecified atom stereocenters. The quantitative estimate of drug-likeness (QED) is 0.831. The van der Waals surface area contributed by atoms with E-state index in [1.54, 1.807) is 30.0 Å². The van der Waals surface area contributed by atoms with E-state index in [1.165, 1.54) is 5.41 Å². The number of nitrogens with one attached hydrogen (secondary N) is 1. The Kier molecular flexibility index (Phi) is 5.35. The fourth-order valence-electron chi connectivity index (χ4n) is 2.09. The van der Waals surface area contributed by atoms with Gasteiger partial charge in [0.05, 0.1) is 11.4 Å². The molecule has 0 aromatic heterocycles. The molecule has 0 saturated heterocycles. The van der Waals surface area contributed by atoms with E-state index in [2.05, 4.69) is 5.32 Å². The number of rotatable bonds is 5. The topological polar surface area (TPSA) is 63.2 Å². The zero-order valence-corrected chi connectivity index (χ0v) is 13.9. The van der Waals surface area contributed by atoms with E-state index in [-0.39, 0.29) is 24.0 Å². The molecule has 1 aliphatic rings. The van der Waals surface area contributed by atoms with Crippen molar-refractivity contribution in [3.8, 4) is 0 Å². The van der Waals surface area contributed by atoms with Gasteiger partial charge in [-0.3, -0.25) is 4.79 Å². The molecule has 0 saturated carbocycles. The molecule has 1 aliphatic heterocycles. The van der Waals surface area contributed by atoms with Crippen LogP contribution in [-0.2, 0) is 14.6 Å². The number of carbonyl (C=O) groups is 1. The Morgan fingerprint density at radius 1 is 1.48 bits per heavy atom. The highest BCUT2D eigenvalue weighted by Gasteiger charge is 2.24. The maximum atomic E-state index is 12.1. The highest BCUT2D eigenvalue weighted by molar-refractivity contribution is 7.99. The minimum Gasteiger partial charge on any atom is -0.325 e. The second-order valence-electron chi connectivity index (χ2n) is 4.74. The van der Waals surface area contributed by atoms with Gasteiger partial charge >= 0.3 is 0 Å². The lowest BCUT2D eigenvalue weighted by molar-refractivity contribution is -0.116. The van der Waals surface area contributed by atoms with Crippen LogP contribution in [-0.4, -0.2) is 25.8 Å². The van der Waals surface area contributed by atoms with E-state index in [0.717, 1.165) is 10.6 Å². The summed E-state index contributed by atoms with van der Waals surface area (Å²) in [6, 6.07) is 5.35. The van der Waals surface area contributed by atoms with Gasteiger partial charge in [0.25, 0.3) is 0 Å². The molecule has 4 nitrogen and oxygen atoms in total. The fraction of sp³-hybridized carbons (Fsp3) is 0.357. The van der Waals surface area contributed by atoms with Gasteiger partial charge in [0.1, 0.15) is 0 Å². The minimum atomic E-state index is -3.12. The SMILES string of the molecule is CCSc1ccc(Cl)cc1NC(=O)C[C@@H]1C=CS(=O)(=O)C1. The van der Waals surface area contributed by atoms with E-state index in [9.17, 15) is 13.2 Å². The first-order valence-electron chi connectivity index (χ1n) is 6.53. The summed E-state index contributed by atoms with van der Waals surface area (Å²) in [5.74, 6) is 0.430. The first-order valence-corrected chi connectivity index (χ1v) is 9.60. The number of hydrogen-bond donors (Lipinski definition) is 1. The third kappa shape index (κ3) is 4.76. The number of anilines is 1. The lowest BCUT2D eigenvalue weighted by atomic mass is 10.1. The van der Waals surface area contributed by atoms with Crippen molar-refractivity contribution in [1.29, 1.82) is 0 Å². The van der Waals surface area contributed by atoms with Crippen LogP contribution in [0.3, 0.4) is 0 Å². The molecule has 0 aliphatic carbocycles. The number of amides is 1. The highest BCUT2D eigenvalue weighted by atomic mass is 35.5. The van der Waals surface area contributed by atoms with Gasteiger partial charge in [-0.2, -0.15) is 0 Å². The van der Waals surface area contributed by atoms with Crippen molar-refractivity contribution in [3.05, 3.63) is 34.7 Å². The Morgan fingerprint density at radius 2 is 2.24 bits per heavy atom. The Labute approximate surface area is 133 Å². The minimum absolute atomic E-state index is 0.00648. The monoisotopic (exact) mass is 345 g/mol. The molecule has 0 bridgehead atoms. The normalized spacial score (nSPS) is 19.6.